The second kappa shape index (κ2) is 4.88. The highest BCUT2D eigenvalue weighted by Gasteiger charge is 2.12. The van der Waals surface area contributed by atoms with E-state index in [1.807, 2.05) is 0 Å². The first-order chi connectivity index (χ1) is 7.06. The van der Waals surface area contributed by atoms with Crippen LogP contribution in [0.4, 0.5) is 0 Å². The van der Waals surface area contributed by atoms with Gasteiger partial charge >= 0.3 is 5.97 Å². The minimum Gasteiger partial charge on any atom is -0.460 e. The quantitative estimate of drug-likeness (QED) is 0.456. The lowest BCUT2D eigenvalue weighted by molar-refractivity contribution is -0.135. The summed E-state index contributed by atoms with van der Waals surface area (Å²) in [5.41, 5.74) is 0.0439. The fourth-order valence-electron chi connectivity index (χ4n) is 0.967. The molecule has 15 heavy (non-hydrogen) atoms. The topological polar surface area (TPSA) is 78.9 Å². The Bertz CT molecular complexity index is 453. The number of pyridine rings is 1. The highest BCUT2D eigenvalue weighted by Crippen LogP contribution is 2.03. The van der Waals surface area contributed by atoms with Crippen LogP contribution in [0.25, 0.3) is 0 Å². The number of carbonyl (C=O) groups is 1. The smallest absolute Gasteiger partial charge is 0.374 e. The van der Waals surface area contributed by atoms with Crippen molar-refractivity contribution in [2.24, 2.45) is 0 Å². The summed E-state index contributed by atoms with van der Waals surface area (Å²) in [5, 5.41) is 15.1. The van der Waals surface area contributed by atoms with Crippen molar-refractivity contribution < 1.29 is 9.53 Å². The number of hydrogen-bond donors (Lipinski definition) is 2. The summed E-state index contributed by atoms with van der Waals surface area (Å²) in [6, 6.07) is 3.14. The molecule has 0 radical (unpaired) electrons. The third-order valence-electron chi connectivity index (χ3n) is 1.63. The lowest BCUT2D eigenvalue weighted by atomic mass is 10.4. The summed E-state index contributed by atoms with van der Waals surface area (Å²) in [6.45, 7) is 1.88. The highest BCUT2D eigenvalue weighted by molar-refractivity contribution is 9.10. The van der Waals surface area contributed by atoms with Crippen molar-refractivity contribution in [2.75, 3.05) is 6.61 Å². The van der Waals surface area contributed by atoms with Crippen molar-refractivity contribution in [3.05, 3.63) is 28.3 Å². The average molecular weight is 272 g/mol. The van der Waals surface area contributed by atoms with Gasteiger partial charge in [0.1, 0.15) is 5.49 Å². The molecule has 0 aromatic carbocycles. The Labute approximate surface area is 94.8 Å². The van der Waals surface area contributed by atoms with Gasteiger partial charge in [-0.3, -0.25) is 15.4 Å². The number of nitrogens with zero attached hydrogens (tertiary/aromatic N) is 1. The number of carbonyl (C=O) groups excluding carboxylic acids is 1. The second-order valence-corrected chi connectivity index (χ2v) is 3.58. The molecule has 0 aliphatic rings. The SMILES string of the molecule is CCOC(=O)C(=N)n1ccc(Br)cc1=N. The molecule has 80 valence electrons. The van der Waals surface area contributed by atoms with Gasteiger partial charge < -0.3 is 4.74 Å². The van der Waals surface area contributed by atoms with E-state index in [4.69, 9.17) is 10.8 Å². The molecule has 0 fully saturated rings. The summed E-state index contributed by atoms with van der Waals surface area (Å²) in [4.78, 5) is 11.2. The Balaban J connectivity index is 3.02. The first-order valence-corrected chi connectivity index (χ1v) is 5.04. The van der Waals surface area contributed by atoms with Crippen LogP contribution in [-0.2, 0) is 9.53 Å². The Morgan fingerprint density at radius 3 is 2.87 bits per heavy atom. The zero-order valence-electron chi connectivity index (χ0n) is 8.08. The van der Waals surface area contributed by atoms with Crippen molar-refractivity contribution in [2.45, 2.75) is 6.92 Å². The van der Waals surface area contributed by atoms with Gasteiger partial charge in [-0.15, -0.1) is 0 Å². The van der Waals surface area contributed by atoms with Crippen LogP contribution in [0.5, 0.6) is 0 Å². The van der Waals surface area contributed by atoms with Crippen LogP contribution in [0, 0.1) is 10.8 Å². The molecule has 0 spiro atoms. The van der Waals surface area contributed by atoms with Gasteiger partial charge in [0.15, 0.2) is 0 Å². The molecule has 0 saturated heterocycles. The predicted molar refractivity (Wildman–Crippen MR) is 57.7 cm³/mol. The maximum absolute atomic E-state index is 11.2. The molecular weight excluding hydrogens is 262 g/mol. The van der Waals surface area contributed by atoms with E-state index in [-0.39, 0.29) is 17.9 Å². The largest absolute Gasteiger partial charge is 0.460 e. The molecule has 0 aliphatic carbocycles. The molecule has 1 rings (SSSR count). The summed E-state index contributed by atoms with van der Waals surface area (Å²) in [5.74, 6) is -1.10. The minimum atomic E-state index is -0.738. The average Bonchev–Trinajstić information content (AvgIpc) is 2.17. The van der Waals surface area contributed by atoms with E-state index in [1.54, 1.807) is 13.0 Å². The predicted octanol–water partition coefficient (Wildman–Crippen LogP) is 1.12. The third kappa shape index (κ3) is 2.76. The molecule has 0 saturated carbocycles. The van der Waals surface area contributed by atoms with Gasteiger partial charge in [0.2, 0.25) is 5.84 Å². The molecule has 0 bridgehead atoms. The van der Waals surface area contributed by atoms with E-state index in [1.165, 1.54) is 12.3 Å². The molecule has 2 N–H and O–H groups in total. The minimum absolute atomic E-state index is 0.0439. The zero-order valence-corrected chi connectivity index (χ0v) is 9.67. The molecule has 1 aromatic heterocycles. The van der Waals surface area contributed by atoms with E-state index in [0.29, 0.717) is 0 Å². The van der Waals surface area contributed by atoms with Crippen LogP contribution < -0.4 is 5.49 Å². The number of halogens is 1. The maximum atomic E-state index is 11.2. The number of hydrogen-bond acceptors (Lipinski definition) is 4. The van der Waals surface area contributed by atoms with Crippen LogP contribution in [0.3, 0.4) is 0 Å². The first-order valence-electron chi connectivity index (χ1n) is 4.25. The first kappa shape index (κ1) is 11.6. The molecule has 0 atom stereocenters. The zero-order chi connectivity index (χ0) is 11.4. The number of ether oxygens (including phenoxy) is 1. The van der Waals surface area contributed by atoms with Gasteiger partial charge in [-0.25, -0.2) is 4.79 Å². The summed E-state index contributed by atoms with van der Waals surface area (Å²) < 4.78 is 6.53. The van der Waals surface area contributed by atoms with Crippen molar-refractivity contribution >= 4 is 27.7 Å². The molecule has 5 nitrogen and oxygen atoms in total. The number of esters is 1. The van der Waals surface area contributed by atoms with Crippen molar-refractivity contribution in [1.29, 1.82) is 10.8 Å². The van der Waals surface area contributed by atoms with Gasteiger partial charge in [0.05, 0.1) is 6.61 Å². The van der Waals surface area contributed by atoms with E-state index >= 15 is 0 Å². The number of aromatic nitrogens is 1. The van der Waals surface area contributed by atoms with Crippen LogP contribution in [0.1, 0.15) is 6.92 Å². The lowest BCUT2D eigenvalue weighted by Gasteiger charge is -2.07. The van der Waals surface area contributed by atoms with Gasteiger partial charge in [0.25, 0.3) is 0 Å². The van der Waals surface area contributed by atoms with Crippen LogP contribution in [0.2, 0.25) is 0 Å². The van der Waals surface area contributed by atoms with E-state index in [0.717, 1.165) is 9.04 Å². The summed E-state index contributed by atoms with van der Waals surface area (Å²) in [7, 11) is 0. The molecule has 1 heterocycles. The lowest BCUT2D eigenvalue weighted by Crippen LogP contribution is -2.32. The van der Waals surface area contributed by atoms with Crippen molar-refractivity contribution in [3.8, 4) is 0 Å². The van der Waals surface area contributed by atoms with Gasteiger partial charge in [-0.2, -0.15) is 0 Å². The van der Waals surface area contributed by atoms with Crippen LogP contribution in [0.15, 0.2) is 22.8 Å². The van der Waals surface area contributed by atoms with Crippen LogP contribution in [-0.4, -0.2) is 23.0 Å². The normalized spacial score (nSPS) is 9.73. The second-order valence-electron chi connectivity index (χ2n) is 2.67. The third-order valence-corrected chi connectivity index (χ3v) is 2.12. The summed E-state index contributed by atoms with van der Waals surface area (Å²) in [6.07, 6.45) is 1.46. The van der Waals surface area contributed by atoms with Gasteiger partial charge in [-0.1, -0.05) is 15.9 Å². The molecule has 1 aromatic rings. The summed E-state index contributed by atoms with van der Waals surface area (Å²) >= 11 is 3.19. The highest BCUT2D eigenvalue weighted by atomic mass is 79.9. The Morgan fingerprint density at radius 2 is 2.33 bits per heavy atom. The molecule has 0 unspecified atom stereocenters. The molecular formula is C9H10BrN3O2. The van der Waals surface area contributed by atoms with Crippen LogP contribution >= 0.6 is 15.9 Å². The molecule has 0 aliphatic heterocycles. The van der Waals surface area contributed by atoms with E-state index < -0.39 is 5.97 Å². The molecule has 6 heteroatoms. The molecule has 0 amide bonds. The Hall–Kier alpha value is -1.43. The van der Waals surface area contributed by atoms with E-state index in [9.17, 15) is 4.79 Å². The standard InChI is InChI=1S/C9H10BrN3O2/c1-2-15-9(14)8(12)13-4-3-6(10)5-7(13)11/h3-5,11-12H,2H2,1H3. The monoisotopic (exact) mass is 271 g/mol. The number of nitrogens with one attached hydrogen (secondary N) is 2. The maximum Gasteiger partial charge on any atom is 0.374 e. The Kier molecular flexibility index (Phi) is 3.79. The Morgan fingerprint density at radius 1 is 1.67 bits per heavy atom. The van der Waals surface area contributed by atoms with Gasteiger partial charge in [0, 0.05) is 10.7 Å². The van der Waals surface area contributed by atoms with Gasteiger partial charge in [-0.05, 0) is 19.1 Å². The van der Waals surface area contributed by atoms with E-state index in [2.05, 4.69) is 20.7 Å². The fourth-order valence-corrected chi connectivity index (χ4v) is 1.30. The fraction of sp³-hybridized carbons (Fsp3) is 0.222. The van der Waals surface area contributed by atoms with Crippen molar-refractivity contribution in [1.82, 2.24) is 4.57 Å². The number of rotatable bonds is 1. The van der Waals surface area contributed by atoms with Crippen molar-refractivity contribution in [3.63, 3.8) is 0 Å².